The van der Waals surface area contributed by atoms with Crippen LogP contribution in [0.3, 0.4) is 0 Å². The average Bonchev–Trinajstić information content (AvgIpc) is 3.40. The summed E-state index contributed by atoms with van der Waals surface area (Å²) in [4.78, 5) is 35.2. The minimum absolute atomic E-state index is 0.0455. The Morgan fingerprint density at radius 3 is 1.09 bits per heavy atom. The summed E-state index contributed by atoms with van der Waals surface area (Å²) in [5.74, 6) is -0.846. The largest absolute Gasteiger partial charge is 0.472 e. The molecule has 75 heavy (non-hydrogen) atoms. The van der Waals surface area contributed by atoms with Crippen molar-refractivity contribution in [2.45, 2.75) is 251 Å². The van der Waals surface area contributed by atoms with Gasteiger partial charge < -0.3 is 20.1 Å². The number of unbranched alkanes of at least 4 members (excludes halogenated alkanes) is 22. The van der Waals surface area contributed by atoms with Gasteiger partial charge in [-0.05, 0) is 109 Å². The van der Waals surface area contributed by atoms with Crippen molar-refractivity contribution < 1.29 is 37.6 Å². The number of esters is 2. The second kappa shape index (κ2) is 59.7. The van der Waals surface area contributed by atoms with Gasteiger partial charge in [0.05, 0.1) is 13.2 Å². The lowest BCUT2D eigenvalue weighted by atomic mass is 10.1. The van der Waals surface area contributed by atoms with Gasteiger partial charge in [-0.15, -0.1) is 0 Å². The topological polar surface area (TPSA) is 134 Å². The fourth-order valence-electron chi connectivity index (χ4n) is 7.92. The molecule has 0 bridgehead atoms. The van der Waals surface area contributed by atoms with Crippen molar-refractivity contribution in [3.8, 4) is 0 Å². The molecule has 0 rings (SSSR count). The zero-order valence-electron chi connectivity index (χ0n) is 47.7. The number of carbonyl (C=O) groups is 2. The third kappa shape index (κ3) is 59.5. The molecule has 3 N–H and O–H groups in total. The van der Waals surface area contributed by atoms with Crippen LogP contribution in [0.15, 0.2) is 122 Å². The Morgan fingerprint density at radius 2 is 0.733 bits per heavy atom. The quantitative estimate of drug-likeness (QED) is 0.0264. The maximum atomic E-state index is 12.7. The van der Waals surface area contributed by atoms with Crippen molar-refractivity contribution in [2.24, 2.45) is 5.73 Å². The lowest BCUT2D eigenvalue weighted by molar-refractivity contribution is -0.161. The second-order valence-corrected chi connectivity index (χ2v) is 20.9. The highest BCUT2D eigenvalue weighted by molar-refractivity contribution is 7.47. The van der Waals surface area contributed by atoms with Crippen molar-refractivity contribution in [1.82, 2.24) is 0 Å². The van der Waals surface area contributed by atoms with Crippen LogP contribution in [0.25, 0.3) is 0 Å². The van der Waals surface area contributed by atoms with E-state index in [-0.39, 0.29) is 32.6 Å². The smallest absolute Gasteiger partial charge is 0.462 e. The van der Waals surface area contributed by atoms with Gasteiger partial charge in [0, 0.05) is 19.4 Å². The molecule has 0 radical (unpaired) electrons. The molecule has 0 aliphatic heterocycles. The van der Waals surface area contributed by atoms with Gasteiger partial charge in [-0.1, -0.05) is 245 Å². The molecule has 0 aromatic carbocycles. The predicted octanol–water partition coefficient (Wildman–Crippen LogP) is 19.2. The molecule has 2 atom stereocenters. The summed E-state index contributed by atoms with van der Waals surface area (Å²) in [7, 11) is -4.40. The van der Waals surface area contributed by atoms with Gasteiger partial charge in [0.2, 0.25) is 0 Å². The standard InChI is InChI=1S/C65H110NO8P/c1-3-5-7-9-11-13-15-17-19-21-23-25-26-27-28-29-30-31-32-33-34-35-36-38-40-42-44-46-48-50-52-54-56-58-65(68)74-63(62-73-75(69,70)72-60-59-66)61-71-64(67)57-55-53-51-49-47-45-43-41-39-37-24-22-20-18-16-14-12-10-8-6-4-2/h5,7,11,13,16-19,22-25,27-28,30-31,33-34,36,38,63H,3-4,6,8-10,12,14-15,20-21,26,29,32,35,37,39-62,66H2,1-2H3,(H,69,70)/b7-5-,13-11-,18-16-,19-17-,24-22-,25-23-,28-27-,31-30-,34-33-,38-36-. The molecule has 0 aromatic heterocycles. The predicted molar refractivity (Wildman–Crippen MR) is 321 cm³/mol. The van der Waals surface area contributed by atoms with E-state index >= 15 is 0 Å². The van der Waals surface area contributed by atoms with Crippen molar-refractivity contribution >= 4 is 19.8 Å². The molecular weight excluding hydrogens is 954 g/mol. The molecule has 0 aliphatic rings. The van der Waals surface area contributed by atoms with Gasteiger partial charge in [0.15, 0.2) is 6.10 Å². The van der Waals surface area contributed by atoms with Gasteiger partial charge in [-0.25, -0.2) is 4.57 Å². The normalized spacial score (nSPS) is 13.9. The van der Waals surface area contributed by atoms with E-state index in [0.29, 0.717) is 6.42 Å². The number of nitrogens with two attached hydrogens (primary N) is 1. The number of hydrogen-bond donors (Lipinski definition) is 2. The van der Waals surface area contributed by atoms with Crippen LogP contribution < -0.4 is 5.73 Å². The van der Waals surface area contributed by atoms with Crippen LogP contribution in [-0.4, -0.2) is 49.3 Å². The van der Waals surface area contributed by atoms with Crippen molar-refractivity contribution in [3.63, 3.8) is 0 Å². The SMILES string of the molecule is CC/C=C\C/C=C\C/C=C\C/C=C\C/C=C\C/C=C\C/C=C\C/C=C\CCCCCCCCCCC(=O)OC(COC(=O)CCCCCCCCCCC/C=C\C/C=C\CCCCCCC)COP(=O)(O)OCCN. The molecule has 0 aliphatic carbocycles. The summed E-state index contributed by atoms with van der Waals surface area (Å²) in [5, 5.41) is 0. The number of allylic oxidation sites excluding steroid dienone is 20. The van der Waals surface area contributed by atoms with Crippen LogP contribution in [0.2, 0.25) is 0 Å². The molecule has 0 saturated heterocycles. The average molecular weight is 1060 g/mol. The maximum absolute atomic E-state index is 12.7. The van der Waals surface area contributed by atoms with Crippen LogP contribution in [0, 0.1) is 0 Å². The van der Waals surface area contributed by atoms with Crippen LogP contribution in [0.4, 0.5) is 0 Å². The van der Waals surface area contributed by atoms with E-state index in [1.807, 2.05) is 0 Å². The molecule has 2 unspecified atom stereocenters. The fraction of sp³-hybridized carbons (Fsp3) is 0.662. The fourth-order valence-corrected chi connectivity index (χ4v) is 8.68. The Balaban J connectivity index is 4.03. The monoisotopic (exact) mass is 1060 g/mol. The second-order valence-electron chi connectivity index (χ2n) is 19.5. The highest BCUT2D eigenvalue weighted by Crippen LogP contribution is 2.43. The van der Waals surface area contributed by atoms with Crippen LogP contribution >= 0.6 is 7.82 Å². The summed E-state index contributed by atoms with van der Waals surface area (Å²) in [6.07, 6.45) is 82.5. The molecule has 0 heterocycles. The Hall–Kier alpha value is -3.59. The van der Waals surface area contributed by atoms with E-state index in [0.717, 1.165) is 116 Å². The van der Waals surface area contributed by atoms with Crippen LogP contribution in [0.1, 0.15) is 245 Å². The van der Waals surface area contributed by atoms with E-state index in [4.69, 9.17) is 24.3 Å². The third-order valence-corrected chi connectivity index (χ3v) is 13.3. The highest BCUT2D eigenvalue weighted by Gasteiger charge is 2.26. The number of rotatable bonds is 55. The van der Waals surface area contributed by atoms with E-state index in [1.165, 1.54) is 96.3 Å². The highest BCUT2D eigenvalue weighted by atomic mass is 31.2. The molecule has 10 heteroatoms. The van der Waals surface area contributed by atoms with Gasteiger partial charge >= 0.3 is 19.8 Å². The van der Waals surface area contributed by atoms with Crippen LogP contribution in [-0.2, 0) is 32.7 Å². The molecule has 0 amide bonds. The molecular formula is C65H110NO8P. The minimum atomic E-state index is -4.40. The number of carbonyl (C=O) groups excluding carboxylic acids is 2. The Bertz CT molecular complexity index is 1640. The van der Waals surface area contributed by atoms with E-state index < -0.39 is 32.5 Å². The maximum Gasteiger partial charge on any atom is 0.472 e. The van der Waals surface area contributed by atoms with E-state index in [1.54, 1.807) is 0 Å². The summed E-state index contributed by atoms with van der Waals surface area (Å²) in [6.45, 7) is 3.60. The first kappa shape index (κ1) is 71.4. The van der Waals surface area contributed by atoms with E-state index in [2.05, 4.69) is 135 Å². The first-order valence-electron chi connectivity index (χ1n) is 30.0. The van der Waals surface area contributed by atoms with E-state index in [9.17, 15) is 19.0 Å². The van der Waals surface area contributed by atoms with Gasteiger partial charge in [-0.2, -0.15) is 0 Å². The zero-order valence-corrected chi connectivity index (χ0v) is 48.6. The first-order chi connectivity index (χ1) is 36.8. The lowest BCUT2D eigenvalue weighted by Crippen LogP contribution is -2.29. The number of hydrogen-bond acceptors (Lipinski definition) is 8. The third-order valence-electron chi connectivity index (χ3n) is 12.3. The van der Waals surface area contributed by atoms with Gasteiger partial charge in [-0.3, -0.25) is 18.6 Å². The molecule has 428 valence electrons. The van der Waals surface area contributed by atoms with Crippen molar-refractivity contribution in [1.29, 1.82) is 0 Å². The van der Waals surface area contributed by atoms with Gasteiger partial charge in [0.1, 0.15) is 6.61 Å². The zero-order chi connectivity index (χ0) is 54.5. The summed E-state index contributed by atoms with van der Waals surface area (Å²) in [6, 6.07) is 0. The number of ether oxygens (including phenoxy) is 2. The summed E-state index contributed by atoms with van der Waals surface area (Å²) in [5.41, 5.74) is 5.38. The number of phosphoric ester groups is 1. The van der Waals surface area contributed by atoms with Crippen molar-refractivity contribution in [2.75, 3.05) is 26.4 Å². The van der Waals surface area contributed by atoms with Crippen LogP contribution in [0.5, 0.6) is 0 Å². The molecule has 0 saturated carbocycles. The Kier molecular flexibility index (Phi) is 56.8. The lowest BCUT2D eigenvalue weighted by Gasteiger charge is -2.19. The number of phosphoric acid groups is 1. The first-order valence-corrected chi connectivity index (χ1v) is 31.5. The molecule has 0 fully saturated rings. The molecule has 0 spiro atoms. The van der Waals surface area contributed by atoms with Crippen molar-refractivity contribution in [3.05, 3.63) is 122 Å². The van der Waals surface area contributed by atoms with Gasteiger partial charge in [0.25, 0.3) is 0 Å². The summed E-state index contributed by atoms with van der Waals surface area (Å²) < 4.78 is 33.0. The minimum Gasteiger partial charge on any atom is -0.462 e. The Morgan fingerprint density at radius 1 is 0.413 bits per heavy atom. The molecule has 0 aromatic rings. The molecule has 9 nitrogen and oxygen atoms in total. The summed E-state index contributed by atoms with van der Waals surface area (Å²) >= 11 is 0. The Labute approximate surface area is 460 Å².